The number of nitrogens with one attached hydrogen (secondary N) is 1. The lowest BCUT2D eigenvalue weighted by molar-refractivity contribution is 0.181. The third-order valence-corrected chi connectivity index (χ3v) is 4.49. The quantitative estimate of drug-likeness (QED) is 0.844. The fourth-order valence-electron chi connectivity index (χ4n) is 3.10. The molecule has 2 atom stereocenters. The van der Waals surface area contributed by atoms with E-state index >= 15 is 0 Å². The van der Waals surface area contributed by atoms with Crippen LogP contribution in [0.5, 0.6) is 0 Å². The van der Waals surface area contributed by atoms with Gasteiger partial charge in [0.05, 0.1) is 0 Å². The molecule has 1 aromatic carbocycles. The van der Waals surface area contributed by atoms with E-state index in [1.165, 1.54) is 41.5 Å². The maximum Gasteiger partial charge on any atom is 0.0495 e. The van der Waals surface area contributed by atoms with Crippen LogP contribution in [-0.2, 0) is 4.74 Å². The molecule has 1 aliphatic heterocycles. The Morgan fingerprint density at radius 1 is 1.20 bits per heavy atom. The topological polar surface area (TPSA) is 21.3 Å². The first-order chi connectivity index (χ1) is 9.61. The third-order valence-electron chi connectivity index (χ3n) is 4.49. The van der Waals surface area contributed by atoms with E-state index in [0.717, 1.165) is 19.8 Å². The fourth-order valence-corrected chi connectivity index (χ4v) is 3.10. The SMILES string of the molecule is CCCNC(CC1CCOC1)c1cc(C)c(C)cc1C. The van der Waals surface area contributed by atoms with Gasteiger partial charge in [-0.25, -0.2) is 0 Å². The fraction of sp³-hybridized carbons (Fsp3) is 0.667. The normalized spacial score (nSPS) is 20.3. The van der Waals surface area contributed by atoms with Crippen molar-refractivity contribution in [1.82, 2.24) is 5.32 Å². The first-order valence-corrected chi connectivity index (χ1v) is 8.00. The Labute approximate surface area is 123 Å². The van der Waals surface area contributed by atoms with Gasteiger partial charge >= 0.3 is 0 Å². The molecule has 112 valence electrons. The molecule has 0 aliphatic carbocycles. The summed E-state index contributed by atoms with van der Waals surface area (Å²) >= 11 is 0. The largest absolute Gasteiger partial charge is 0.381 e. The highest BCUT2D eigenvalue weighted by Crippen LogP contribution is 2.29. The lowest BCUT2D eigenvalue weighted by Gasteiger charge is -2.24. The molecular weight excluding hydrogens is 246 g/mol. The minimum Gasteiger partial charge on any atom is -0.381 e. The predicted molar refractivity (Wildman–Crippen MR) is 85.2 cm³/mol. The van der Waals surface area contributed by atoms with Crippen molar-refractivity contribution < 1.29 is 4.74 Å². The number of ether oxygens (including phenoxy) is 1. The van der Waals surface area contributed by atoms with E-state index < -0.39 is 0 Å². The minimum absolute atomic E-state index is 0.473. The summed E-state index contributed by atoms with van der Waals surface area (Å²) in [4.78, 5) is 0. The molecule has 1 aromatic rings. The summed E-state index contributed by atoms with van der Waals surface area (Å²) in [7, 11) is 0. The van der Waals surface area contributed by atoms with Gasteiger partial charge < -0.3 is 10.1 Å². The van der Waals surface area contributed by atoms with Crippen LogP contribution in [0.1, 0.15) is 54.5 Å². The molecule has 0 spiro atoms. The summed E-state index contributed by atoms with van der Waals surface area (Å²) in [5, 5.41) is 3.74. The standard InChI is InChI=1S/C18H29NO/c1-5-7-19-18(11-16-6-8-20-12-16)17-10-14(3)13(2)9-15(17)4/h9-10,16,18-19H,5-8,11-12H2,1-4H3. The number of aryl methyl sites for hydroxylation is 3. The molecular formula is C18H29NO. The Bertz CT molecular complexity index is 435. The maximum atomic E-state index is 5.54. The van der Waals surface area contributed by atoms with Crippen molar-refractivity contribution in [2.24, 2.45) is 5.92 Å². The van der Waals surface area contributed by atoms with Crippen molar-refractivity contribution in [2.75, 3.05) is 19.8 Å². The van der Waals surface area contributed by atoms with Gasteiger partial charge in [-0.05, 0) is 74.8 Å². The molecule has 1 aliphatic rings. The van der Waals surface area contributed by atoms with E-state index in [1.807, 2.05) is 0 Å². The van der Waals surface area contributed by atoms with Gasteiger partial charge in [0.2, 0.25) is 0 Å². The second-order valence-corrected chi connectivity index (χ2v) is 6.27. The summed E-state index contributed by atoms with van der Waals surface area (Å²) in [5.74, 6) is 0.713. The summed E-state index contributed by atoms with van der Waals surface area (Å²) in [5.41, 5.74) is 5.69. The minimum atomic E-state index is 0.473. The molecule has 0 saturated carbocycles. The number of rotatable bonds is 6. The van der Waals surface area contributed by atoms with Gasteiger partial charge in [0.15, 0.2) is 0 Å². The van der Waals surface area contributed by atoms with E-state index in [1.54, 1.807) is 0 Å². The zero-order valence-corrected chi connectivity index (χ0v) is 13.5. The highest BCUT2D eigenvalue weighted by molar-refractivity contribution is 5.38. The first-order valence-electron chi connectivity index (χ1n) is 8.00. The zero-order chi connectivity index (χ0) is 14.5. The molecule has 2 heteroatoms. The molecule has 1 fully saturated rings. The molecule has 1 N–H and O–H groups in total. The molecule has 2 nitrogen and oxygen atoms in total. The second-order valence-electron chi connectivity index (χ2n) is 6.27. The molecule has 0 bridgehead atoms. The van der Waals surface area contributed by atoms with Crippen molar-refractivity contribution >= 4 is 0 Å². The molecule has 0 aromatic heterocycles. The zero-order valence-electron chi connectivity index (χ0n) is 13.5. The van der Waals surface area contributed by atoms with Crippen LogP contribution < -0.4 is 5.32 Å². The Balaban J connectivity index is 2.18. The lowest BCUT2D eigenvalue weighted by atomic mass is 9.89. The van der Waals surface area contributed by atoms with E-state index in [4.69, 9.17) is 4.74 Å². The van der Waals surface area contributed by atoms with Crippen LogP contribution in [0.2, 0.25) is 0 Å². The highest BCUT2D eigenvalue weighted by Gasteiger charge is 2.22. The van der Waals surface area contributed by atoms with Gasteiger partial charge in [-0.3, -0.25) is 0 Å². The first kappa shape index (κ1) is 15.5. The summed E-state index contributed by atoms with van der Waals surface area (Å²) in [6.45, 7) is 11.9. The van der Waals surface area contributed by atoms with Crippen LogP contribution in [0.3, 0.4) is 0 Å². The summed E-state index contributed by atoms with van der Waals surface area (Å²) < 4.78 is 5.54. The Kier molecular flexibility index (Phi) is 5.62. The van der Waals surface area contributed by atoms with Crippen molar-refractivity contribution in [3.63, 3.8) is 0 Å². The molecule has 2 unspecified atom stereocenters. The molecule has 1 heterocycles. The van der Waals surface area contributed by atoms with Gasteiger partial charge in [0.25, 0.3) is 0 Å². The van der Waals surface area contributed by atoms with E-state index in [0.29, 0.717) is 12.0 Å². The lowest BCUT2D eigenvalue weighted by Crippen LogP contribution is -2.25. The average molecular weight is 275 g/mol. The van der Waals surface area contributed by atoms with Crippen molar-refractivity contribution in [3.05, 3.63) is 34.4 Å². The van der Waals surface area contributed by atoms with E-state index in [9.17, 15) is 0 Å². The van der Waals surface area contributed by atoms with Gasteiger partial charge in [0.1, 0.15) is 0 Å². The van der Waals surface area contributed by atoms with Crippen LogP contribution in [0.25, 0.3) is 0 Å². The second kappa shape index (κ2) is 7.24. The third kappa shape index (κ3) is 3.83. The highest BCUT2D eigenvalue weighted by atomic mass is 16.5. The number of benzene rings is 1. The van der Waals surface area contributed by atoms with Crippen LogP contribution in [0.15, 0.2) is 12.1 Å². The van der Waals surface area contributed by atoms with E-state index in [-0.39, 0.29) is 0 Å². The summed E-state index contributed by atoms with van der Waals surface area (Å²) in [6, 6.07) is 5.19. The Morgan fingerprint density at radius 3 is 2.60 bits per heavy atom. The molecule has 0 amide bonds. The molecule has 1 saturated heterocycles. The van der Waals surface area contributed by atoms with Gasteiger partial charge in [-0.2, -0.15) is 0 Å². The predicted octanol–water partition coefficient (Wildman–Crippen LogP) is 4.08. The molecule has 2 rings (SSSR count). The number of hydrogen-bond acceptors (Lipinski definition) is 2. The van der Waals surface area contributed by atoms with Crippen molar-refractivity contribution in [1.29, 1.82) is 0 Å². The van der Waals surface area contributed by atoms with Gasteiger partial charge in [0, 0.05) is 19.3 Å². The van der Waals surface area contributed by atoms with Crippen LogP contribution in [-0.4, -0.2) is 19.8 Å². The van der Waals surface area contributed by atoms with Crippen LogP contribution >= 0.6 is 0 Å². The van der Waals surface area contributed by atoms with Gasteiger partial charge in [-0.15, -0.1) is 0 Å². The Hall–Kier alpha value is -0.860. The van der Waals surface area contributed by atoms with Crippen molar-refractivity contribution in [3.8, 4) is 0 Å². The molecule has 20 heavy (non-hydrogen) atoms. The number of hydrogen-bond donors (Lipinski definition) is 1. The van der Waals surface area contributed by atoms with Crippen molar-refractivity contribution in [2.45, 2.75) is 53.0 Å². The monoisotopic (exact) mass is 275 g/mol. The maximum absolute atomic E-state index is 5.54. The van der Waals surface area contributed by atoms with E-state index in [2.05, 4.69) is 45.1 Å². The average Bonchev–Trinajstić information content (AvgIpc) is 2.92. The van der Waals surface area contributed by atoms with Crippen LogP contribution in [0, 0.1) is 26.7 Å². The van der Waals surface area contributed by atoms with Gasteiger partial charge in [-0.1, -0.05) is 19.1 Å². The van der Waals surface area contributed by atoms with Crippen LogP contribution in [0.4, 0.5) is 0 Å². The Morgan fingerprint density at radius 2 is 1.95 bits per heavy atom. The molecule has 0 radical (unpaired) electrons. The smallest absolute Gasteiger partial charge is 0.0495 e. The summed E-state index contributed by atoms with van der Waals surface area (Å²) in [6.07, 6.45) is 3.60.